The minimum atomic E-state index is 0.308. The van der Waals surface area contributed by atoms with Crippen molar-refractivity contribution in [2.75, 3.05) is 0 Å². The molecule has 0 aliphatic heterocycles. The molecule has 0 N–H and O–H groups in total. The van der Waals surface area contributed by atoms with Gasteiger partial charge in [0.2, 0.25) is 0 Å². The molecule has 3 aromatic carbocycles. The van der Waals surface area contributed by atoms with Gasteiger partial charge in [-0.1, -0.05) is 62.4 Å². The van der Waals surface area contributed by atoms with Gasteiger partial charge in [-0.05, 0) is 78.1 Å². The van der Waals surface area contributed by atoms with Gasteiger partial charge in [0.05, 0.1) is 18.8 Å². The van der Waals surface area contributed by atoms with Crippen LogP contribution in [-0.2, 0) is 11.3 Å². The molecule has 2 nitrogen and oxygen atoms in total. The fourth-order valence-electron chi connectivity index (χ4n) is 4.18. The van der Waals surface area contributed by atoms with Crippen molar-refractivity contribution >= 4 is 10.8 Å². The molecule has 0 spiro atoms. The zero-order chi connectivity index (χ0) is 20.1. The molecule has 0 bridgehead atoms. The first kappa shape index (κ1) is 20.0. The van der Waals surface area contributed by atoms with E-state index >= 15 is 0 Å². The highest BCUT2D eigenvalue weighted by Gasteiger charge is 2.23. The van der Waals surface area contributed by atoms with E-state index in [-0.39, 0.29) is 0 Å². The quantitative estimate of drug-likeness (QED) is 0.424. The maximum Gasteiger partial charge on any atom is 0.119 e. The normalized spacial score (nSPS) is 20.5. The SMILES string of the molecule is CCC(C)c1cccc(OC2CCC(OCc3ccc4ccccc4c3)CC2)c1. The van der Waals surface area contributed by atoms with Crippen LogP contribution in [0.5, 0.6) is 5.75 Å². The van der Waals surface area contributed by atoms with Gasteiger partial charge in [0, 0.05) is 0 Å². The molecule has 0 amide bonds. The molecule has 1 aliphatic carbocycles. The summed E-state index contributed by atoms with van der Waals surface area (Å²) in [6, 6.07) is 23.7. The summed E-state index contributed by atoms with van der Waals surface area (Å²) >= 11 is 0. The number of hydrogen-bond donors (Lipinski definition) is 0. The monoisotopic (exact) mass is 388 g/mol. The first-order valence-electron chi connectivity index (χ1n) is 11.1. The molecule has 1 fully saturated rings. The Labute approximate surface area is 174 Å². The maximum absolute atomic E-state index is 6.29. The molecule has 2 heteroatoms. The summed E-state index contributed by atoms with van der Waals surface area (Å²) in [6.45, 7) is 5.20. The summed E-state index contributed by atoms with van der Waals surface area (Å²) in [4.78, 5) is 0. The van der Waals surface area contributed by atoms with Gasteiger partial charge in [0.1, 0.15) is 5.75 Å². The van der Waals surface area contributed by atoms with Gasteiger partial charge in [0.15, 0.2) is 0 Å². The lowest BCUT2D eigenvalue weighted by Crippen LogP contribution is -2.28. The van der Waals surface area contributed by atoms with Crippen molar-refractivity contribution in [3.05, 3.63) is 77.9 Å². The van der Waals surface area contributed by atoms with Crippen molar-refractivity contribution in [2.24, 2.45) is 0 Å². The largest absolute Gasteiger partial charge is 0.490 e. The Morgan fingerprint density at radius 1 is 0.828 bits per heavy atom. The highest BCUT2D eigenvalue weighted by molar-refractivity contribution is 5.82. The van der Waals surface area contributed by atoms with Crippen LogP contribution in [0.2, 0.25) is 0 Å². The van der Waals surface area contributed by atoms with Crippen LogP contribution in [0.4, 0.5) is 0 Å². The summed E-state index contributed by atoms with van der Waals surface area (Å²) in [5.41, 5.74) is 2.63. The van der Waals surface area contributed by atoms with Gasteiger partial charge < -0.3 is 9.47 Å². The van der Waals surface area contributed by atoms with Crippen LogP contribution in [0.15, 0.2) is 66.7 Å². The summed E-state index contributed by atoms with van der Waals surface area (Å²) in [5, 5.41) is 2.57. The van der Waals surface area contributed by atoms with Crippen molar-refractivity contribution in [3.63, 3.8) is 0 Å². The average Bonchev–Trinajstić information content (AvgIpc) is 2.78. The van der Waals surface area contributed by atoms with Crippen LogP contribution in [0.1, 0.15) is 63.0 Å². The van der Waals surface area contributed by atoms with Gasteiger partial charge in [0.25, 0.3) is 0 Å². The third-order valence-electron chi connectivity index (χ3n) is 6.26. The zero-order valence-corrected chi connectivity index (χ0v) is 17.6. The first-order chi connectivity index (χ1) is 14.2. The van der Waals surface area contributed by atoms with E-state index in [1.165, 1.54) is 21.9 Å². The number of rotatable bonds is 7. The molecule has 29 heavy (non-hydrogen) atoms. The Balaban J connectivity index is 1.26. The first-order valence-corrected chi connectivity index (χ1v) is 11.1. The topological polar surface area (TPSA) is 18.5 Å². The molecule has 0 aromatic heterocycles. The summed E-state index contributed by atoms with van der Waals surface area (Å²) < 4.78 is 12.5. The lowest BCUT2D eigenvalue weighted by atomic mass is 9.94. The third-order valence-corrected chi connectivity index (χ3v) is 6.26. The van der Waals surface area contributed by atoms with Crippen molar-refractivity contribution in [1.82, 2.24) is 0 Å². The average molecular weight is 389 g/mol. The maximum atomic E-state index is 6.29. The predicted octanol–water partition coefficient (Wildman–Crippen LogP) is 7.26. The Kier molecular flexibility index (Phi) is 6.51. The third kappa shape index (κ3) is 5.19. The molecule has 1 aliphatic rings. The molecule has 3 aromatic rings. The van der Waals surface area contributed by atoms with E-state index in [1.807, 2.05) is 0 Å². The number of benzene rings is 3. The molecule has 0 radical (unpaired) electrons. The molecule has 1 saturated carbocycles. The Morgan fingerprint density at radius 2 is 1.59 bits per heavy atom. The van der Waals surface area contributed by atoms with Crippen LogP contribution >= 0.6 is 0 Å². The van der Waals surface area contributed by atoms with Crippen molar-refractivity contribution in [3.8, 4) is 5.75 Å². The molecule has 1 atom stereocenters. The standard InChI is InChI=1S/C27H32O2/c1-3-20(2)23-9-6-10-27(18-23)29-26-15-13-25(14-16-26)28-19-21-11-12-22-7-4-5-8-24(22)17-21/h4-12,17-18,20,25-26H,3,13-16,19H2,1-2H3. The molecule has 0 heterocycles. The molecule has 1 unspecified atom stereocenters. The van der Waals surface area contributed by atoms with Crippen LogP contribution in [-0.4, -0.2) is 12.2 Å². The number of ether oxygens (including phenoxy) is 2. The molecule has 0 saturated heterocycles. The van der Waals surface area contributed by atoms with Gasteiger partial charge in [-0.25, -0.2) is 0 Å². The Morgan fingerprint density at radius 3 is 2.38 bits per heavy atom. The van der Waals surface area contributed by atoms with E-state index in [2.05, 4.69) is 80.6 Å². The van der Waals surface area contributed by atoms with Crippen molar-refractivity contribution < 1.29 is 9.47 Å². The van der Waals surface area contributed by atoms with Gasteiger partial charge in [-0.3, -0.25) is 0 Å². The fraction of sp³-hybridized carbons (Fsp3) is 0.407. The van der Waals surface area contributed by atoms with Crippen LogP contribution in [0, 0.1) is 0 Å². The van der Waals surface area contributed by atoms with Crippen molar-refractivity contribution in [2.45, 2.75) is 70.7 Å². The molecular formula is C27H32O2. The minimum Gasteiger partial charge on any atom is -0.490 e. The lowest BCUT2D eigenvalue weighted by molar-refractivity contribution is -0.00659. The van der Waals surface area contributed by atoms with Gasteiger partial charge >= 0.3 is 0 Å². The van der Waals surface area contributed by atoms with Crippen molar-refractivity contribution in [1.29, 1.82) is 0 Å². The van der Waals surface area contributed by atoms with E-state index in [9.17, 15) is 0 Å². The van der Waals surface area contributed by atoms with Crippen LogP contribution < -0.4 is 4.74 Å². The second kappa shape index (κ2) is 9.45. The van der Waals surface area contributed by atoms with Crippen LogP contribution in [0.3, 0.4) is 0 Å². The summed E-state index contributed by atoms with van der Waals surface area (Å²) in [5.74, 6) is 1.60. The van der Waals surface area contributed by atoms with E-state index in [0.29, 0.717) is 24.7 Å². The minimum absolute atomic E-state index is 0.308. The van der Waals surface area contributed by atoms with Gasteiger partial charge in [-0.15, -0.1) is 0 Å². The molecule has 152 valence electrons. The van der Waals surface area contributed by atoms with E-state index < -0.39 is 0 Å². The van der Waals surface area contributed by atoms with Crippen LogP contribution in [0.25, 0.3) is 10.8 Å². The number of fused-ring (bicyclic) bond motifs is 1. The zero-order valence-electron chi connectivity index (χ0n) is 17.6. The second-order valence-corrected chi connectivity index (χ2v) is 8.39. The summed E-state index contributed by atoms with van der Waals surface area (Å²) in [7, 11) is 0. The van der Waals surface area contributed by atoms with E-state index in [4.69, 9.17) is 9.47 Å². The van der Waals surface area contributed by atoms with E-state index in [1.54, 1.807) is 0 Å². The smallest absolute Gasteiger partial charge is 0.119 e. The Hall–Kier alpha value is -2.32. The highest BCUT2D eigenvalue weighted by Crippen LogP contribution is 2.28. The van der Waals surface area contributed by atoms with Gasteiger partial charge in [-0.2, -0.15) is 0 Å². The summed E-state index contributed by atoms with van der Waals surface area (Å²) in [6.07, 6.45) is 6.08. The second-order valence-electron chi connectivity index (χ2n) is 8.39. The molecule has 4 rings (SSSR count). The molecular weight excluding hydrogens is 356 g/mol. The predicted molar refractivity (Wildman–Crippen MR) is 121 cm³/mol. The number of hydrogen-bond acceptors (Lipinski definition) is 2. The lowest BCUT2D eigenvalue weighted by Gasteiger charge is -2.29. The Bertz CT molecular complexity index is 924. The van der Waals surface area contributed by atoms with E-state index in [0.717, 1.165) is 37.9 Å². The fourth-order valence-corrected chi connectivity index (χ4v) is 4.18. The highest BCUT2D eigenvalue weighted by atomic mass is 16.5.